The van der Waals surface area contributed by atoms with E-state index < -0.39 is 0 Å². The molecule has 0 amide bonds. The first kappa shape index (κ1) is 9.02. The number of benzene rings is 1. The van der Waals surface area contributed by atoms with E-state index in [0.29, 0.717) is 0 Å². The molecule has 0 atom stereocenters. The van der Waals surface area contributed by atoms with Crippen LogP contribution in [0.5, 0.6) is 5.75 Å². The quantitative estimate of drug-likeness (QED) is 0.744. The van der Waals surface area contributed by atoms with Crippen molar-refractivity contribution in [2.75, 3.05) is 7.05 Å². The summed E-state index contributed by atoms with van der Waals surface area (Å²) in [6, 6.07) is 5.22. The molecular weight excluding hydrogens is 178 g/mol. The number of fused-ring (bicyclic) bond motifs is 1. The Morgan fingerprint density at radius 2 is 2.29 bits per heavy atom. The molecule has 0 aliphatic rings. The lowest BCUT2D eigenvalue weighted by Gasteiger charge is -2.00. The molecule has 0 aliphatic heterocycles. The monoisotopic (exact) mass is 191 g/mol. The van der Waals surface area contributed by atoms with Crippen LogP contribution in [0.4, 0.5) is 0 Å². The largest absolute Gasteiger partial charge is 0.508 e. The highest BCUT2D eigenvalue weighted by Gasteiger charge is 2.07. The van der Waals surface area contributed by atoms with Gasteiger partial charge in [-0.25, -0.2) is 0 Å². The van der Waals surface area contributed by atoms with Gasteiger partial charge in [-0.1, -0.05) is 0 Å². The van der Waals surface area contributed by atoms with Crippen molar-refractivity contribution in [3.05, 3.63) is 23.9 Å². The molecule has 0 fully saturated rings. The minimum atomic E-state index is 0.280. The number of hydrogen-bond donors (Lipinski definition) is 2. The van der Waals surface area contributed by atoms with E-state index in [9.17, 15) is 5.11 Å². The second kappa shape index (κ2) is 3.31. The summed E-state index contributed by atoms with van der Waals surface area (Å²) in [5.41, 5.74) is 1.99. The minimum absolute atomic E-state index is 0.280. The van der Waals surface area contributed by atoms with Crippen LogP contribution in [-0.2, 0) is 13.6 Å². The second-order valence-electron chi connectivity index (χ2n) is 3.30. The van der Waals surface area contributed by atoms with Crippen LogP contribution < -0.4 is 5.32 Å². The lowest BCUT2D eigenvalue weighted by molar-refractivity contribution is 0.476. The van der Waals surface area contributed by atoms with Crippen LogP contribution in [0, 0.1) is 0 Å². The van der Waals surface area contributed by atoms with Crippen LogP contribution in [0.25, 0.3) is 10.9 Å². The molecule has 0 spiro atoms. The fourth-order valence-electron chi connectivity index (χ4n) is 1.62. The van der Waals surface area contributed by atoms with Crippen molar-refractivity contribution in [1.82, 2.24) is 15.1 Å². The molecule has 1 heterocycles. The summed E-state index contributed by atoms with van der Waals surface area (Å²) < 4.78 is 1.83. The van der Waals surface area contributed by atoms with E-state index in [2.05, 4.69) is 10.4 Å². The number of rotatable bonds is 2. The van der Waals surface area contributed by atoms with Gasteiger partial charge in [-0.3, -0.25) is 4.68 Å². The van der Waals surface area contributed by atoms with E-state index >= 15 is 0 Å². The normalized spacial score (nSPS) is 11.0. The van der Waals surface area contributed by atoms with Crippen molar-refractivity contribution < 1.29 is 5.11 Å². The van der Waals surface area contributed by atoms with Gasteiger partial charge in [0.1, 0.15) is 5.75 Å². The van der Waals surface area contributed by atoms with Crippen molar-refractivity contribution in [2.45, 2.75) is 6.54 Å². The Bertz CT molecular complexity index is 462. The Morgan fingerprint density at radius 1 is 1.50 bits per heavy atom. The Kier molecular flexibility index (Phi) is 2.13. The average Bonchev–Trinajstić information content (AvgIpc) is 2.45. The van der Waals surface area contributed by atoms with Gasteiger partial charge in [-0.15, -0.1) is 0 Å². The van der Waals surface area contributed by atoms with E-state index in [0.717, 1.165) is 23.1 Å². The van der Waals surface area contributed by atoms with Gasteiger partial charge >= 0.3 is 0 Å². The summed E-state index contributed by atoms with van der Waals surface area (Å²) in [5.74, 6) is 0.280. The standard InChI is InChI=1S/C10H13N3O/c1-11-6-10-8-5-7(14)3-4-9(8)12-13(10)2/h3-5,11,14H,6H2,1-2H3. The van der Waals surface area contributed by atoms with Gasteiger partial charge in [-0.2, -0.15) is 5.10 Å². The molecule has 4 nitrogen and oxygen atoms in total. The zero-order valence-corrected chi connectivity index (χ0v) is 8.28. The third kappa shape index (κ3) is 1.33. The van der Waals surface area contributed by atoms with Crippen LogP contribution in [0.15, 0.2) is 18.2 Å². The molecular formula is C10H13N3O. The predicted octanol–water partition coefficient (Wildman–Crippen LogP) is 0.998. The molecule has 74 valence electrons. The number of hydrogen-bond acceptors (Lipinski definition) is 3. The van der Waals surface area contributed by atoms with Gasteiger partial charge in [0.2, 0.25) is 0 Å². The van der Waals surface area contributed by atoms with Crippen molar-refractivity contribution in [3.8, 4) is 5.75 Å². The van der Waals surface area contributed by atoms with Crippen LogP contribution in [0.3, 0.4) is 0 Å². The molecule has 0 saturated heterocycles. The maximum atomic E-state index is 9.37. The minimum Gasteiger partial charge on any atom is -0.508 e. The Labute approximate surface area is 82.2 Å². The lowest BCUT2D eigenvalue weighted by Crippen LogP contribution is -2.09. The fourth-order valence-corrected chi connectivity index (χ4v) is 1.62. The van der Waals surface area contributed by atoms with E-state index in [-0.39, 0.29) is 5.75 Å². The predicted molar refractivity (Wildman–Crippen MR) is 55.1 cm³/mol. The van der Waals surface area contributed by atoms with Crippen molar-refractivity contribution in [2.24, 2.45) is 7.05 Å². The molecule has 0 radical (unpaired) electrons. The number of phenols is 1. The van der Waals surface area contributed by atoms with E-state index in [4.69, 9.17) is 0 Å². The average molecular weight is 191 g/mol. The van der Waals surface area contributed by atoms with E-state index in [1.54, 1.807) is 12.1 Å². The molecule has 2 aromatic rings. The van der Waals surface area contributed by atoms with Crippen molar-refractivity contribution in [3.63, 3.8) is 0 Å². The molecule has 4 heteroatoms. The lowest BCUT2D eigenvalue weighted by atomic mass is 10.2. The van der Waals surface area contributed by atoms with E-state index in [1.165, 1.54) is 0 Å². The molecule has 1 aromatic heterocycles. The van der Waals surface area contributed by atoms with Crippen LogP contribution in [0.2, 0.25) is 0 Å². The summed E-state index contributed by atoms with van der Waals surface area (Å²) in [5, 5.41) is 17.8. The molecule has 0 bridgehead atoms. The highest BCUT2D eigenvalue weighted by molar-refractivity contribution is 5.83. The van der Waals surface area contributed by atoms with Gasteiger partial charge < -0.3 is 10.4 Å². The van der Waals surface area contributed by atoms with Gasteiger partial charge in [0.25, 0.3) is 0 Å². The van der Waals surface area contributed by atoms with Crippen LogP contribution >= 0.6 is 0 Å². The third-order valence-corrected chi connectivity index (χ3v) is 2.28. The van der Waals surface area contributed by atoms with Gasteiger partial charge in [0.15, 0.2) is 0 Å². The Balaban J connectivity index is 2.66. The zero-order valence-electron chi connectivity index (χ0n) is 8.28. The summed E-state index contributed by atoms with van der Waals surface area (Å²) in [4.78, 5) is 0. The highest BCUT2D eigenvalue weighted by Crippen LogP contribution is 2.22. The van der Waals surface area contributed by atoms with Crippen LogP contribution in [-0.4, -0.2) is 21.9 Å². The zero-order chi connectivity index (χ0) is 10.1. The molecule has 2 N–H and O–H groups in total. The molecule has 0 unspecified atom stereocenters. The number of nitrogens with one attached hydrogen (secondary N) is 1. The number of nitrogens with zero attached hydrogens (tertiary/aromatic N) is 2. The maximum absolute atomic E-state index is 9.37. The molecule has 2 rings (SSSR count). The molecule has 0 aliphatic carbocycles. The van der Waals surface area contributed by atoms with Crippen molar-refractivity contribution >= 4 is 10.9 Å². The molecule has 14 heavy (non-hydrogen) atoms. The molecule has 1 aromatic carbocycles. The summed E-state index contributed by atoms with van der Waals surface area (Å²) in [6.45, 7) is 0.746. The van der Waals surface area contributed by atoms with Crippen LogP contribution in [0.1, 0.15) is 5.69 Å². The van der Waals surface area contributed by atoms with Gasteiger partial charge in [0, 0.05) is 19.0 Å². The number of aromatic hydroxyl groups is 1. The van der Waals surface area contributed by atoms with Crippen molar-refractivity contribution in [1.29, 1.82) is 0 Å². The van der Waals surface area contributed by atoms with Gasteiger partial charge in [0.05, 0.1) is 11.2 Å². The maximum Gasteiger partial charge on any atom is 0.116 e. The smallest absolute Gasteiger partial charge is 0.116 e. The van der Waals surface area contributed by atoms with E-state index in [1.807, 2.05) is 24.8 Å². The summed E-state index contributed by atoms with van der Waals surface area (Å²) >= 11 is 0. The second-order valence-corrected chi connectivity index (χ2v) is 3.30. The van der Waals surface area contributed by atoms with Gasteiger partial charge in [-0.05, 0) is 25.2 Å². The topological polar surface area (TPSA) is 50.1 Å². The number of aromatic nitrogens is 2. The highest BCUT2D eigenvalue weighted by atomic mass is 16.3. The number of phenolic OH excluding ortho intramolecular Hbond substituents is 1. The first-order valence-electron chi connectivity index (χ1n) is 4.51. The third-order valence-electron chi connectivity index (χ3n) is 2.28. The Hall–Kier alpha value is -1.55. The fraction of sp³-hybridized carbons (Fsp3) is 0.300. The number of aryl methyl sites for hydroxylation is 1. The first-order chi connectivity index (χ1) is 6.72. The summed E-state index contributed by atoms with van der Waals surface area (Å²) in [7, 11) is 3.80. The summed E-state index contributed by atoms with van der Waals surface area (Å²) in [6.07, 6.45) is 0. The first-order valence-corrected chi connectivity index (χ1v) is 4.51. The Morgan fingerprint density at radius 3 is 3.00 bits per heavy atom. The SMILES string of the molecule is CNCc1c2cc(O)ccc2nn1C. The molecule has 0 saturated carbocycles.